The molecule has 3 unspecified atom stereocenters. The van der Waals surface area contributed by atoms with Gasteiger partial charge in [0, 0.05) is 6.54 Å². The molecule has 5 heteroatoms. The van der Waals surface area contributed by atoms with Crippen molar-refractivity contribution < 1.29 is 14.3 Å². The maximum Gasteiger partial charge on any atom is 0.246 e. The van der Waals surface area contributed by atoms with Crippen LogP contribution in [0.4, 0.5) is 0 Å². The molecule has 0 spiro atoms. The summed E-state index contributed by atoms with van der Waals surface area (Å²) >= 11 is 0. The SMILES string of the molecule is CCC1(C)C(=O)NCC(=O)N1CC1CCC(C)O1. The minimum absolute atomic E-state index is 0.0119. The molecule has 2 heterocycles. The average molecular weight is 254 g/mol. The quantitative estimate of drug-likeness (QED) is 0.806. The lowest BCUT2D eigenvalue weighted by molar-refractivity contribution is -0.155. The Balaban J connectivity index is 2.11. The molecule has 1 N–H and O–H groups in total. The van der Waals surface area contributed by atoms with Crippen LogP contribution in [0.2, 0.25) is 0 Å². The van der Waals surface area contributed by atoms with E-state index in [0.717, 1.165) is 12.8 Å². The Hall–Kier alpha value is -1.10. The number of nitrogens with zero attached hydrogens (tertiary/aromatic N) is 1. The summed E-state index contributed by atoms with van der Waals surface area (Å²) in [5.74, 6) is -0.0715. The molecule has 102 valence electrons. The topological polar surface area (TPSA) is 58.6 Å². The zero-order valence-corrected chi connectivity index (χ0v) is 11.4. The van der Waals surface area contributed by atoms with Crippen LogP contribution in [0.1, 0.15) is 40.0 Å². The van der Waals surface area contributed by atoms with Gasteiger partial charge in [-0.1, -0.05) is 6.92 Å². The van der Waals surface area contributed by atoms with Crippen LogP contribution in [0.15, 0.2) is 0 Å². The molecular formula is C13H22N2O3. The number of nitrogens with one attached hydrogen (secondary N) is 1. The van der Waals surface area contributed by atoms with Crippen molar-refractivity contribution in [1.82, 2.24) is 10.2 Å². The second-order valence-electron chi connectivity index (χ2n) is 5.46. The number of carbonyl (C=O) groups excluding carboxylic acids is 2. The molecule has 2 amide bonds. The molecule has 2 aliphatic heterocycles. The summed E-state index contributed by atoms with van der Waals surface area (Å²) < 4.78 is 5.76. The first-order chi connectivity index (χ1) is 8.47. The van der Waals surface area contributed by atoms with Crippen LogP contribution < -0.4 is 5.32 Å². The van der Waals surface area contributed by atoms with Crippen molar-refractivity contribution in [3.63, 3.8) is 0 Å². The highest BCUT2D eigenvalue weighted by molar-refractivity contribution is 5.97. The molecular weight excluding hydrogens is 232 g/mol. The van der Waals surface area contributed by atoms with Crippen LogP contribution in [0.3, 0.4) is 0 Å². The molecule has 2 rings (SSSR count). The van der Waals surface area contributed by atoms with Gasteiger partial charge in [-0.15, -0.1) is 0 Å². The summed E-state index contributed by atoms with van der Waals surface area (Å²) in [5, 5.41) is 2.67. The normalized spacial score (nSPS) is 36.9. The molecule has 2 aliphatic rings. The molecule has 0 bridgehead atoms. The fourth-order valence-corrected chi connectivity index (χ4v) is 2.72. The van der Waals surface area contributed by atoms with Gasteiger partial charge >= 0.3 is 0 Å². The molecule has 0 aromatic rings. The molecule has 18 heavy (non-hydrogen) atoms. The Morgan fingerprint density at radius 1 is 1.44 bits per heavy atom. The predicted octanol–water partition coefficient (Wildman–Crippen LogP) is 0.681. The van der Waals surface area contributed by atoms with Gasteiger partial charge in [0.15, 0.2) is 0 Å². The summed E-state index contributed by atoms with van der Waals surface area (Å²) in [4.78, 5) is 25.7. The molecule has 0 radical (unpaired) electrons. The van der Waals surface area contributed by atoms with E-state index in [1.54, 1.807) is 4.90 Å². The maximum atomic E-state index is 12.0. The van der Waals surface area contributed by atoms with Gasteiger partial charge in [0.05, 0.1) is 18.8 Å². The smallest absolute Gasteiger partial charge is 0.246 e. The van der Waals surface area contributed by atoms with E-state index in [1.807, 2.05) is 20.8 Å². The van der Waals surface area contributed by atoms with Gasteiger partial charge in [-0.05, 0) is 33.1 Å². The lowest BCUT2D eigenvalue weighted by Gasteiger charge is -2.43. The van der Waals surface area contributed by atoms with Gasteiger partial charge in [-0.2, -0.15) is 0 Å². The van der Waals surface area contributed by atoms with Crippen LogP contribution in [0, 0.1) is 0 Å². The highest BCUT2D eigenvalue weighted by Gasteiger charge is 2.45. The molecule has 0 saturated carbocycles. The first-order valence-electron chi connectivity index (χ1n) is 6.71. The summed E-state index contributed by atoms with van der Waals surface area (Å²) in [6, 6.07) is 0. The molecule has 5 nitrogen and oxygen atoms in total. The van der Waals surface area contributed by atoms with Gasteiger partial charge in [-0.3, -0.25) is 9.59 Å². The monoisotopic (exact) mass is 254 g/mol. The first-order valence-corrected chi connectivity index (χ1v) is 6.71. The van der Waals surface area contributed by atoms with Crippen molar-refractivity contribution in [2.45, 2.75) is 57.8 Å². The van der Waals surface area contributed by atoms with Gasteiger partial charge in [0.2, 0.25) is 11.8 Å². The van der Waals surface area contributed by atoms with Gasteiger partial charge in [-0.25, -0.2) is 0 Å². The Kier molecular flexibility index (Phi) is 3.61. The second kappa shape index (κ2) is 4.88. The zero-order valence-electron chi connectivity index (χ0n) is 11.4. The summed E-state index contributed by atoms with van der Waals surface area (Å²) in [7, 11) is 0. The molecule has 3 atom stereocenters. The van der Waals surface area contributed by atoms with E-state index in [2.05, 4.69) is 5.32 Å². The number of hydrogen-bond acceptors (Lipinski definition) is 3. The van der Waals surface area contributed by atoms with E-state index >= 15 is 0 Å². The summed E-state index contributed by atoms with van der Waals surface area (Å²) in [5.41, 5.74) is -0.732. The lowest BCUT2D eigenvalue weighted by atomic mass is 9.92. The average Bonchev–Trinajstić information content (AvgIpc) is 2.75. The third-order valence-electron chi connectivity index (χ3n) is 4.18. The van der Waals surface area contributed by atoms with Crippen molar-refractivity contribution in [3.8, 4) is 0 Å². The Labute approximate surface area is 108 Å². The van der Waals surface area contributed by atoms with Gasteiger partial charge in [0.25, 0.3) is 0 Å². The number of rotatable bonds is 3. The van der Waals surface area contributed by atoms with E-state index in [0.29, 0.717) is 13.0 Å². The molecule has 0 aliphatic carbocycles. The minimum Gasteiger partial charge on any atom is -0.373 e. The summed E-state index contributed by atoms with van der Waals surface area (Å²) in [6.07, 6.45) is 2.94. The number of ether oxygens (including phenoxy) is 1. The van der Waals surface area contributed by atoms with Crippen LogP contribution in [-0.2, 0) is 14.3 Å². The zero-order chi connectivity index (χ0) is 13.3. The number of carbonyl (C=O) groups is 2. The third-order valence-corrected chi connectivity index (χ3v) is 4.18. The van der Waals surface area contributed by atoms with E-state index in [9.17, 15) is 9.59 Å². The fourth-order valence-electron chi connectivity index (χ4n) is 2.72. The van der Waals surface area contributed by atoms with E-state index < -0.39 is 5.54 Å². The third kappa shape index (κ3) is 2.23. The summed E-state index contributed by atoms with van der Waals surface area (Å²) in [6.45, 7) is 6.45. The lowest BCUT2D eigenvalue weighted by Crippen LogP contribution is -2.66. The Morgan fingerprint density at radius 3 is 2.72 bits per heavy atom. The van der Waals surface area contributed by atoms with Crippen LogP contribution >= 0.6 is 0 Å². The standard InChI is InChI=1S/C13H22N2O3/c1-4-13(3)12(17)14-7-11(16)15(13)8-10-6-5-9(2)18-10/h9-10H,4-8H2,1-3H3,(H,14,17). The van der Waals surface area contributed by atoms with Crippen molar-refractivity contribution in [2.24, 2.45) is 0 Å². The molecule has 2 fully saturated rings. The first kappa shape index (κ1) is 13.3. The van der Waals surface area contributed by atoms with Crippen molar-refractivity contribution in [1.29, 1.82) is 0 Å². The minimum atomic E-state index is -0.732. The highest BCUT2D eigenvalue weighted by Crippen LogP contribution is 2.27. The highest BCUT2D eigenvalue weighted by atomic mass is 16.5. The van der Waals surface area contributed by atoms with Gasteiger partial charge < -0.3 is 15.0 Å². The Morgan fingerprint density at radius 2 is 2.17 bits per heavy atom. The molecule has 0 aromatic heterocycles. The van der Waals surface area contributed by atoms with E-state index in [4.69, 9.17) is 4.74 Å². The van der Waals surface area contributed by atoms with Gasteiger partial charge in [0.1, 0.15) is 5.54 Å². The number of piperazine rings is 1. The maximum absolute atomic E-state index is 12.0. The van der Waals surface area contributed by atoms with Crippen molar-refractivity contribution in [3.05, 3.63) is 0 Å². The van der Waals surface area contributed by atoms with Crippen LogP contribution in [0.25, 0.3) is 0 Å². The largest absolute Gasteiger partial charge is 0.373 e. The van der Waals surface area contributed by atoms with Crippen molar-refractivity contribution in [2.75, 3.05) is 13.1 Å². The Bertz CT molecular complexity index is 358. The second-order valence-corrected chi connectivity index (χ2v) is 5.46. The molecule has 0 aromatic carbocycles. The van der Waals surface area contributed by atoms with E-state index in [-0.39, 0.29) is 30.6 Å². The van der Waals surface area contributed by atoms with Crippen LogP contribution in [-0.4, -0.2) is 47.6 Å². The van der Waals surface area contributed by atoms with E-state index in [1.165, 1.54) is 0 Å². The number of amides is 2. The fraction of sp³-hybridized carbons (Fsp3) is 0.846. The molecule has 2 saturated heterocycles. The van der Waals surface area contributed by atoms with Crippen molar-refractivity contribution >= 4 is 11.8 Å². The van der Waals surface area contributed by atoms with Crippen LogP contribution in [0.5, 0.6) is 0 Å². The predicted molar refractivity (Wildman–Crippen MR) is 67.0 cm³/mol. The number of hydrogen-bond donors (Lipinski definition) is 1.